The Hall–Kier alpha value is -1.54. The van der Waals surface area contributed by atoms with Gasteiger partial charge in [0.05, 0.1) is 39.9 Å². The fraction of sp³-hybridized carbons (Fsp3) is 0.824. The van der Waals surface area contributed by atoms with Crippen molar-refractivity contribution in [1.82, 2.24) is 5.32 Å². The van der Waals surface area contributed by atoms with Gasteiger partial charge in [0, 0.05) is 6.42 Å². The number of quaternary nitrogens is 1. The summed E-state index contributed by atoms with van der Waals surface area (Å²) >= 11 is 0. The van der Waals surface area contributed by atoms with E-state index in [0.717, 1.165) is 70.6 Å². The number of amides is 1. The van der Waals surface area contributed by atoms with E-state index in [9.17, 15) is 19.4 Å². The number of phosphoric ester groups is 1. The van der Waals surface area contributed by atoms with Crippen LogP contribution >= 0.6 is 7.82 Å². The lowest BCUT2D eigenvalue weighted by Gasteiger charge is -2.25. The Morgan fingerprint density at radius 3 is 1.38 bits per heavy atom. The molecule has 0 radical (unpaired) electrons. The highest BCUT2D eigenvalue weighted by molar-refractivity contribution is 7.47. The van der Waals surface area contributed by atoms with Gasteiger partial charge in [-0.25, -0.2) is 4.57 Å². The molecule has 1 amide bonds. The van der Waals surface area contributed by atoms with Gasteiger partial charge in [-0.15, -0.1) is 0 Å². The van der Waals surface area contributed by atoms with Crippen LogP contribution in [0, 0.1) is 0 Å². The summed E-state index contributed by atoms with van der Waals surface area (Å²) < 4.78 is 23.5. The molecule has 0 heterocycles. The lowest BCUT2D eigenvalue weighted by molar-refractivity contribution is -0.870. The number of nitrogens with one attached hydrogen (secondary N) is 1. The fourth-order valence-corrected chi connectivity index (χ4v) is 7.73. The Bertz CT molecular complexity index is 1120. The van der Waals surface area contributed by atoms with Crippen LogP contribution in [-0.2, 0) is 18.4 Å². The number of aliphatic hydroxyl groups excluding tert-OH is 1. The van der Waals surface area contributed by atoms with Crippen LogP contribution in [-0.4, -0.2) is 73.4 Å². The molecule has 0 saturated heterocycles. The molecular weight excluding hydrogens is 768 g/mol. The lowest BCUT2D eigenvalue weighted by Crippen LogP contribution is -2.45. The molecule has 0 aromatic carbocycles. The third kappa shape index (κ3) is 44.5. The Kier molecular flexibility index (Phi) is 41.6. The second-order valence-electron chi connectivity index (χ2n) is 18.2. The molecule has 3 atom stereocenters. The van der Waals surface area contributed by atoms with E-state index in [0.29, 0.717) is 17.4 Å². The predicted octanol–water partition coefficient (Wildman–Crippen LogP) is 14.4. The molecule has 0 aliphatic rings. The molecule has 3 N–H and O–H groups in total. The molecule has 0 aromatic heterocycles. The number of unbranched alkanes of at least 4 members (excludes halogenated alkanes) is 26. The first kappa shape index (κ1) is 58.5. The number of allylic oxidation sites excluding steroid dienone is 7. The molecule has 0 aliphatic carbocycles. The van der Waals surface area contributed by atoms with Gasteiger partial charge in [-0.3, -0.25) is 13.8 Å². The SMILES string of the molecule is CCCC/C=C\CCCCCCCC(=O)NC(COP(=O)(O)OCC[N+](C)(C)C)C(O)/C=C/CC/C=C/CC/C=C/CCCCCCCCCCCCCCCCCCC. The number of likely N-dealkylation sites (N-methyl/N-ethyl adjacent to an activating group) is 1. The van der Waals surface area contributed by atoms with Crippen molar-refractivity contribution in [3.63, 3.8) is 0 Å². The molecule has 0 bridgehead atoms. The summed E-state index contributed by atoms with van der Waals surface area (Å²) in [5, 5.41) is 13.8. The van der Waals surface area contributed by atoms with E-state index < -0.39 is 20.0 Å². The minimum Gasteiger partial charge on any atom is -0.387 e. The Morgan fingerprint density at radius 1 is 0.550 bits per heavy atom. The monoisotopic (exact) mass is 866 g/mol. The topological polar surface area (TPSA) is 105 Å². The summed E-state index contributed by atoms with van der Waals surface area (Å²) in [5.74, 6) is -0.203. The number of carbonyl (C=O) groups is 1. The van der Waals surface area contributed by atoms with Gasteiger partial charge < -0.3 is 19.8 Å². The molecule has 9 heteroatoms. The zero-order valence-corrected chi connectivity index (χ0v) is 40.8. The summed E-state index contributed by atoms with van der Waals surface area (Å²) in [7, 11) is 1.54. The van der Waals surface area contributed by atoms with Gasteiger partial charge in [0.15, 0.2) is 0 Å². The van der Waals surface area contributed by atoms with E-state index >= 15 is 0 Å². The Morgan fingerprint density at radius 2 is 0.933 bits per heavy atom. The highest BCUT2D eigenvalue weighted by Gasteiger charge is 2.27. The van der Waals surface area contributed by atoms with E-state index in [1.165, 1.54) is 128 Å². The van der Waals surface area contributed by atoms with Gasteiger partial charge in [0.1, 0.15) is 13.2 Å². The summed E-state index contributed by atoms with van der Waals surface area (Å²) in [6, 6.07) is -0.873. The van der Waals surface area contributed by atoms with Crippen molar-refractivity contribution in [2.45, 2.75) is 231 Å². The normalized spacial score (nSPS) is 14.6. The lowest BCUT2D eigenvalue weighted by atomic mass is 10.0. The molecular formula is C51H98N2O6P+. The minimum absolute atomic E-state index is 0.0509. The first-order valence-corrected chi connectivity index (χ1v) is 26.5. The van der Waals surface area contributed by atoms with Crippen LogP contribution in [0.15, 0.2) is 48.6 Å². The summed E-state index contributed by atoms with van der Waals surface area (Å²) in [5.41, 5.74) is 0. The summed E-state index contributed by atoms with van der Waals surface area (Å²) in [6.45, 7) is 4.74. The fourth-order valence-electron chi connectivity index (χ4n) is 7.00. The summed E-state index contributed by atoms with van der Waals surface area (Å²) in [6.07, 6.45) is 55.0. The molecule has 0 rings (SSSR count). The number of nitrogens with zero attached hydrogens (tertiary/aromatic N) is 1. The zero-order chi connectivity index (χ0) is 44.3. The molecule has 0 aromatic rings. The van der Waals surface area contributed by atoms with Crippen molar-refractivity contribution < 1.29 is 32.9 Å². The minimum atomic E-state index is -4.35. The maximum Gasteiger partial charge on any atom is 0.472 e. The molecule has 0 aliphatic heterocycles. The van der Waals surface area contributed by atoms with Gasteiger partial charge in [0.25, 0.3) is 0 Å². The van der Waals surface area contributed by atoms with Crippen LogP contribution in [0.2, 0.25) is 0 Å². The van der Waals surface area contributed by atoms with Crippen LogP contribution in [0.1, 0.15) is 219 Å². The van der Waals surface area contributed by atoms with E-state index in [1.54, 1.807) is 6.08 Å². The van der Waals surface area contributed by atoms with E-state index in [1.807, 2.05) is 27.2 Å². The maximum absolute atomic E-state index is 12.8. The van der Waals surface area contributed by atoms with Crippen molar-refractivity contribution in [2.75, 3.05) is 40.9 Å². The van der Waals surface area contributed by atoms with Gasteiger partial charge in [-0.1, -0.05) is 197 Å². The number of rotatable bonds is 45. The van der Waals surface area contributed by atoms with Crippen LogP contribution in [0.5, 0.6) is 0 Å². The largest absolute Gasteiger partial charge is 0.472 e. The van der Waals surface area contributed by atoms with E-state index in [-0.39, 0.29) is 19.1 Å². The number of hydrogen-bond donors (Lipinski definition) is 3. The molecule has 0 spiro atoms. The van der Waals surface area contributed by atoms with Gasteiger partial charge >= 0.3 is 7.82 Å². The van der Waals surface area contributed by atoms with Gasteiger partial charge in [0.2, 0.25) is 5.91 Å². The van der Waals surface area contributed by atoms with Gasteiger partial charge in [-0.2, -0.15) is 0 Å². The van der Waals surface area contributed by atoms with Crippen molar-refractivity contribution in [1.29, 1.82) is 0 Å². The average molecular weight is 866 g/mol. The second kappa shape index (κ2) is 42.7. The quantitative estimate of drug-likeness (QED) is 0.0244. The van der Waals surface area contributed by atoms with Crippen LogP contribution < -0.4 is 5.32 Å². The zero-order valence-electron chi connectivity index (χ0n) is 39.9. The molecule has 352 valence electrons. The van der Waals surface area contributed by atoms with E-state index in [2.05, 4.69) is 55.6 Å². The summed E-state index contributed by atoms with van der Waals surface area (Å²) in [4.78, 5) is 23.1. The maximum atomic E-state index is 12.8. The highest BCUT2D eigenvalue weighted by atomic mass is 31.2. The average Bonchev–Trinajstić information content (AvgIpc) is 3.20. The number of carbonyl (C=O) groups excluding carboxylic acids is 1. The number of aliphatic hydroxyl groups is 1. The molecule has 0 fully saturated rings. The third-order valence-corrected chi connectivity index (χ3v) is 12.0. The standard InChI is InChI=1S/C51H97N2O6P/c1-6-8-10-12-14-16-18-19-20-21-22-23-24-25-26-27-28-29-30-31-32-33-35-36-38-40-42-44-50(54)49(48-59-60(56,57)58-47-46-53(3,4)5)52-51(55)45-43-41-39-37-34-17-15-13-11-9-7-2/h13,15,30-31,35-36,42,44,49-50,54H,6-12,14,16-29,32-34,37-41,43,45-48H2,1-5H3,(H-,52,55,56,57)/p+1/b15-13-,31-30+,36-35+,44-42+. The molecule has 0 saturated carbocycles. The van der Waals surface area contributed by atoms with Crippen molar-refractivity contribution in [3.8, 4) is 0 Å². The van der Waals surface area contributed by atoms with Crippen molar-refractivity contribution in [2.24, 2.45) is 0 Å². The molecule has 3 unspecified atom stereocenters. The Labute approximate surface area is 371 Å². The first-order chi connectivity index (χ1) is 29.0. The van der Waals surface area contributed by atoms with Gasteiger partial charge in [-0.05, 0) is 64.2 Å². The highest BCUT2D eigenvalue weighted by Crippen LogP contribution is 2.43. The van der Waals surface area contributed by atoms with Crippen molar-refractivity contribution in [3.05, 3.63) is 48.6 Å². The smallest absolute Gasteiger partial charge is 0.387 e. The van der Waals surface area contributed by atoms with Crippen molar-refractivity contribution >= 4 is 13.7 Å². The second-order valence-corrected chi connectivity index (χ2v) is 19.6. The number of hydrogen-bond acceptors (Lipinski definition) is 5. The third-order valence-electron chi connectivity index (χ3n) is 11.0. The van der Waals surface area contributed by atoms with Crippen LogP contribution in [0.3, 0.4) is 0 Å². The molecule has 8 nitrogen and oxygen atoms in total. The number of phosphoric acid groups is 1. The van der Waals surface area contributed by atoms with Crippen LogP contribution in [0.4, 0.5) is 0 Å². The first-order valence-electron chi connectivity index (χ1n) is 25.0. The Balaban J connectivity index is 4.28. The predicted molar refractivity (Wildman–Crippen MR) is 258 cm³/mol. The molecule has 60 heavy (non-hydrogen) atoms. The van der Waals surface area contributed by atoms with E-state index in [4.69, 9.17) is 9.05 Å². The van der Waals surface area contributed by atoms with Crippen LogP contribution in [0.25, 0.3) is 0 Å².